The Hall–Kier alpha value is -1.09. The molecule has 1 N–H and O–H groups in total. The van der Waals surface area contributed by atoms with Crippen molar-refractivity contribution in [3.05, 3.63) is 24.0 Å². The Morgan fingerprint density at radius 3 is 2.86 bits per heavy atom. The predicted molar refractivity (Wildman–Crippen MR) is 83.6 cm³/mol. The van der Waals surface area contributed by atoms with Crippen LogP contribution in [0, 0.1) is 5.41 Å². The minimum absolute atomic E-state index is 0.427. The Bertz CT molecular complexity index is 490. The summed E-state index contributed by atoms with van der Waals surface area (Å²) in [6.07, 6.45) is 14.8. The molecule has 0 amide bonds. The van der Waals surface area contributed by atoms with E-state index in [1.807, 2.05) is 6.20 Å². The summed E-state index contributed by atoms with van der Waals surface area (Å²) in [6.45, 7) is 2.42. The highest BCUT2D eigenvalue weighted by Crippen LogP contribution is 2.50. The molecule has 2 atom stereocenters. The van der Waals surface area contributed by atoms with E-state index >= 15 is 0 Å². The minimum atomic E-state index is 0.427. The van der Waals surface area contributed by atoms with Crippen LogP contribution in [-0.2, 0) is 0 Å². The van der Waals surface area contributed by atoms with Gasteiger partial charge in [-0.25, -0.2) is 0 Å². The first-order valence-electron chi connectivity index (χ1n) is 8.65. The number of pyridine rings is 1. The Kier molecular flexibility index (Phi) is 3.62. The predicted octanol–water partition coefficient (Wildman–Crippen LogP) is 3.65. The maximum atomic E-state index is 6.12. The van der Waals surface area contributed by atoms with Gasteiger partial charge in [0, 0.05) is 12.7 Å². The number of rotatable bonds is 3. The molecule has 3 fully saturated rings. The average molecular weight is 286 g/mol. The molecule has 3 heteroatoms. The van der Waals surface area contributed by atoms with E-state index in [4.69, 9.17) is 4.74 Å². The highest BCUT2D eigenvalue weighted by Gasteiger charge is 2.41. The average Bonchev–Trinajstić information content (AvgIpc) is 3.24. The van der Waals surface area contributed by atoms with Crippen molar-refractivity contribution >= 4 is 0 Å². The van der Waals surface area contributed by atoms with Gasteiger partial charge in [-0.2, -0.15) is 0 Å². The van der Waals surface area contributed by atoms with Crippen molar-refractivity contribution in [1.29, 1.82) is 0 Å². The highest BCUT2D eigenvalue weighted by atomic mass is 16.5. The molecule has 4 rings (SSSR count). The fourth-order valence-corrected chi connectivity index (χ4v) is 4.60. The largest absolute Gasteiger partial charge is 0.489 e. The van der Waals surface area contributed by atoms with Crippen LogP contribution < -0.4 is 10.1 Å². The number of aromatic nitrogens is 1. The zero-order valence-corrected chi connectivity index (χ0v) is 12.8. The van der Waals surface area contributed by atoms with E-state index in [2.05, 4.69) is 22.6 Å². The number of nitrogens with one attached hydrogen (secondary N) is 1. The summed E-state index contributed by atoms with van der Waals surface area (Å²) in [5.41, 5.74) is 1.97. The zero-order valence-electron chi connectivity index (χ0n) is 12.8. The summed E-state index contributed by atoms with van der Waals surface area (Å²) in [6, 6.07) is 2.26. The fraction of sp³-hybridized carbons (Fsp3) is 0.722. The van der Waals surface area contributed by atoms with Crippen LogP contribution in [0.25, 0.3) is 0 Å². The van der Waals surface area contributed by atoms with Gasteiger partial charge in [0.1, 0.15) is 5.75 Å². The van der Waals surface area contributed by atoms with E-state index in [9.17, 15) is 0 Å². The molecule has 2 saturated carbocycles. The first-order chi connectivity index (χ1) is 10.3. The van der Waals surface area contributed by atoms with Gasteiger partial charge in [0.15, 0.2) is 0 Å². The van der Waals surface area contributed by atoms with Gasteiger partial charge in [-0.3, -0.25) is 4.98 Å². The van der Waals surface area contributed by atoms with Crippen LogP contribution >= 0.6 is 0 Å². The summed E-state index contributed by atoms with van der Waals surface area (Å²) >= 11 is 0. The van der Waals surface area contributed by atoms with Gasteiger partial charge in [-0.05, 0) is 80.9 Å². The van der Waals surface area contributed by atoms with Crippen molar-refractivity contribution in [2.75, 3.05) is 13.1 Å². The van der Waals surface area contributed by atoms with E-state index in [0.29, 0.717) is 17.4 Å². The molecule has 2 unspecified atom stereocenters. The molecule has 1 aromatic rings. The van der Waals surface area contributed by atoms with Crippen LogP contribution in [0.1, 0.15) is 62.8 Å². The molecule has 21 heavy (non-hydrogen) atoms. The van der Waals surface area contributed by atoms with Crippen LogP contribution in [0.3, 0.4) is 0 Å². The van der Waals surface area contributed by atoms with Gasteiger partial charge in [0.05, 0.1) is 12.3 Å². The summed E-state index contributed by atoms with van der Waals surface area (Å²) < 4.78 is 6.12. The van der Waals surface area contributed by atoms with Crippen molar-refractivity contribution in [1.82, 2.24) is 10.3 Å². The molecule has 2 aliphatic carbocycles. The van der Waals surface area contributed by atoms with E-state index in [-0.39, 0.29) is 0 Å². The van der Waals surface area contributed by atoms with Gasteiger partial charge < -0.3 is 10.1 Å². The van der Waals surface area contributed by atoms with E-state index in [0.717, 1.165) is 5.75 Å². The first-order valence-corrected chi connectivity index (χ1v) is 8.65. The highest BCUT2D eigenvalue weighted by molar-refractivity contribution is 5.28. The van der Waals surface area contributed by atoms with Gasteiger partial charge in [0.25, 0.3) is 0 Å². The Labute approximate surface area is 127 Å². The third-order valence-corrected chi connectivity index (χ3v) is 5.85. The van der Waals surface area contributed by atoms with Gasteiger partial charge in [-0.15, -0.1) is 0 Å². The fourth-order valence-electron chi connectivity index (χ4n) is 4.60. The number of ether oxygens (including phenoxy) is 1. The Morgan fingerprint density at radius 1 is 1.14 bits per heavy atom. The second-order valence-corrected chi connectivity index (χ2v) is 7.34. The lowest BCUT2D eigenvalue weighted by atomic mass is 9.84. The number of hydrogen-bond acceptors (Lipinski definition) is 3. The van der Waals surface area contributed by atoms with Gasteiger partial charge in [0.2, 0.25) is 0 Å². The van der Waals surface area contributed by atoms with E-state index < -0.39 is 0 Å². The van der Waals surface area contributed by atoms with Gasteiger partial charge >= 0.3 is 0 Å². The van der Waals surface area contributed by atoms with Crippen molar-refractivity contribution in [2.24, 2.45) is 5.41 Å². The van der Waals surface area contributed by atoms with Crippen molar-refractivity contribution in [3.63, 3.8) is 0 Å². The summed E-state index contributed by atoms with van der Waals surface area (Å²) in [7, 11) is 0. The normalized spacial score (nSPS) is 33.0. The number of nitrogens with zero attached hydrogens (tertiary/aromatic N) is 1. The second-order valence-electron chi connectivity index (χ2n) is 7.34. The third kappa shape index (κ3) is 2.80. The van der Waals surface area contributed by atoms with E-state index in [1.165, 1.54) is 70.0 Å². The smallest absolute Gasteiger partial charge is 0.138 e. The molecule has 0 aromatic carbocycles. The zero-order chi connectivity index (χ0) is 14.1. The van der Waals surface area contributed by atoms with Crippen molar-refractivity contribution < 1.29 is 4.74 Å². The lowest BCUT2D eigenvalue weighted by molar-refractivity contribution is 0.209. The quantitative estimate of drug-likeness (QED) is 0.921. The molecular weight excluding hydrogens is 260 g/mol. The molecular formula is C18H26N2O. The third-order valence-electron chi connectivity index (χ3n) is 5.85. The lowest BCUT2D eigenvalue weighted by Gasteiger charge is -2.22. The van der Waals surface area contributed by atoms with Gasteiger partial charge in [-0.1, -0.05) is 0 Å². The second kappa shape index (κ2) is 5.60. The SMILES string of the molecule is c1ncc(C2CCC3(CCNC3)C2)cc1OC1CCCC1. The van der Waals surface area contributed by atoms with Crippen LogP contribution in [0.5, 0.6) is 5.75 Å². The summed E-state index contributed by atoms with van der Waals surface area (Å²) in [4.78, 5) is 4.45. The molecule has 0 radical (unpaired) electrons. The topological polar surface area (TPSA) is 34.2 Å². The molecule has 1 saturated heterocycles. The van der Waals surface area contributed by atoms with Crippen LogP contribution in [-0.4, -0.2) is 24.2 Å². The molecule has 114 valence electrons. The monoisotopic (exact) mass is 286 g/mol. The van der Waals surface area contributed by atoms with Crippen LogP contribution in [0.2, 0.25) is 0 Å². The number of hydrogen-bond donors (Lipinski definition) is 1. The van der Waals surface area contributed by atoms with Crippen LogP contribution in [0.4, 0.5) is 0 Å². The molecule has 0 bridgehead atoms. The van der Waals surface area contributed by atoms with Crippen molar-refractivity contribution in [3.8, 4) is 5.75 Å². The maximum Gasteiger partial charge on any atom is 0.138 e. The standard InChI is InChI=1S/C18H26N2O/c1-2-4-16(3-1)21-17-9-15(11-20-12-17)14-5-6-18(10-14)7-8-19-13-18/h9,11-12,14,16,19H,1-8,10,13H2. The molecule has 1 aliphatic heterocycles. The molecule has 1 spiro atoms. The molecule has 3 nitrogen and oxygen atoms in total. The lowest BCUT2D eigenvalue weighted by Crippen LogP contribution is -2.20. The van der Waals surface area contributed by atoms with Crippen LogP contribution in [0.15, 0.2) is 18.5 Å². The first kappa shape index (κ1) is 13.6. The summed E-state index contributed by atoms with van der Waals surface area (Å²) in [5.74, 6) is 1.68. The molecule has 2 heterocycles. The molecule has 1 aromatic heterocycles. The van der Waals surface area contributed by atoms with E-state index in [1.54, 1.807) is 0 Å². The maximum absolute atomic E-state index is 6.12. The Balaban J connectivity index is 1.45. The summed E-state index contributed by atoms with van der Waals surface area (Å²) in [5, 5.41) is 3.55. The molecule has 3 aliphatic rings. The van der Waals surface area contributed by atoms with Crippen molar-refractivity contribution in [2.45, 2.75) is 63.4 Å². The Morgan fingerprint density at radius 2 is 2.05 bits per heavy atom. The minimum Gasteiger partial charge on any atom is -0.489 e.